The van der Waals surface area contributed by atoms with Crippen LogP contribution in [0.5, 0.6) is 0 Å². The first-order valence-electron chi connectivity index (χ1n) is 12.7. The number of aromatic nitrogens is 2. The quantitative estimate of drug-likeness (QED) is 0.321. The molecule has 202 valence electrons. The molecule has 4 aromatic rings. The van der Waals surface area contributed by atoms with Gasteiger partial charge in [0, 0.05) is 42.6 Å². The number of halogens is 1. The molecule has 0 radical (unpaired) electrons. The highest BCUT2D eigenvalue weighted by Crippen LogP contribution is 2.32. The number of likely N-dealkylation sites (tertiary alicyclic amines) is 1. The van der Waals surface area contributed by atoms with Gasteiger partial charge in [0.1, 0.15) is 0 Å². The molecule has 2 saturated heterocycles. The fourth-order valence-electron chi connectivity index (χ4n) is 5.03. The number of carbonyl (C=O) groups excluding carboxylic acids is 2. The molecular weight excluding hydrogens is 536 g/mol. The van der Waals surface area contributed by atoms with Crippen molar-refractivity contribution in [3.63, 3.8) is 0 Å². The number of anilines is 1. The van der Waals surface area contributed by atoms with Gasteiger partial charge >= 0.3 is 0 Å². The van der Waals surface area contributed by atoms with Gasteiger partial charge in [0.15, 0.2) is 5.79 Å². The number of aromatic amines is 1. The standard InChI is InChI=1S/C29H28N4O4S.ClH/c1-19-10-17-38-26(19)27(34)30-25-18-21(28(35)33-13-11-29(12-14-33)36-15-16-37-29)7-6-20(25)8-9-24-22-4-2-3-5-23(22)31-32-24;/h2-10,17-18H,11-16H2,1H3,(H,30,34)(H,31,32);1H. The Labute approximate surface area is 236 Å². The summed E-state index contributed by atoms with van der Waals surface area (Å²) in [5.74, 6) is -0.813. The average Bonchev–Trinajstić information content (AvgIpc) is 3.68. The van der Waals surface area contributed by atoms with Gasteiger partial charge < -0.3 is 19.7 Å². The Balaban J connectivity index is 0.00000308. The molecule has 2 aliphatic heterocycles. The second kappa shape index (κ2) is 11.3. The van der Waals surface area contributed by atoms with Crippen molar-refractivity contribution in [2.45, 2.75) is 25.6 Å². The van der Waals surface area contributed by atoms with E-state index in [4.69, 9.17) is 9.47 Å². The van der Waals surface area contributed by atoms with Crippen molar-refractivity contribution in [1.29, 1.82) is 0 Å². The van der Waals surface area contributed by atoms with Crippen LogP contribution < -0.4 is 5.32 Å². The summed E-state index contributed by atoms with van der Waals surface area (Å²) in [4.78, 5) is 29.0. The van der Waals surface area contributed by atoms with E-state index in [1.165, 1.54) is 11.3 Å². The van der Waals surface area contributed by atoms with Gasteiger partial charge in [-0.1, -0.05) is 30.3 Å². The van der Waals surface area contributed by atoms with Crippen molar-refractivity contribution in [2.24, 2.45) is 0 Å². The van der Waals surface area contributed by atoms with Crippen LogP contribution in [-0.2, 0) is 9.47 Å². The zero-order valence-electron chi connectivity index (χ0n) is 21.4. The molecule has 2 aromatic carbocycles. The zero-order chi connectivity index (χ0) is 26.1. The summed E-state index contributed by atoms with van der Waals surface area (Å²) in [6.45, 7) is 4.23. The Bertz CT molecular complexity index is 1530. The van der Waals surface area contributed by atoms with Crippen molar-refractivity contribution in [2.75, 3.05) is 31.6 Å². The van der Waals surface area contributed by atoms with E-state index >= 15 is 0 Å². The average molecular weight is 565 g/mol. The maximum Gasteiger partial charge on any atom is 0.266 e. The number of H-pyrrole nitrogens is 1. The lowest BCUT2D eigenvalue weighted by atomic mass is 10.0. The van der Waals surface area contributed by atoms with E-state index in [1.807, 2.05) is 71.8 Å². The van der Waals surface area contributed by atoms with Crippen molar-refractivity contribution in [1.82, 2.24) is 15.1 Å². The SMILES string of the molecule is Cc1ccsc1C(=O)Nc1cc(C(=O)N2CCC3(CC2)OCCO3)ccc1C=Cc1n[nH]c2ccccc12.Cl. The third kappa shape index (κ3) is 5.49. The minimum atomic E-state index is -0.542. The summed E-state index contributed by atoms with van der Waals surface area (Å²) in [5, 5.41) is 13.4. The van der Waals surface area contributed by atoms with Crippen LogP contribution in [0.4, 0.5) is 5.69 Å². The van der Waals surface area contributed by atoms with Crippen LogP contribution in [0.1, 0.15) is 49.7 Å². The third-order valence-electron chi connectivity index (χ3n) is 7.16. The summed E-state index contributed by atoms with van der Waals surface area (Å²) >= 11 is 1.39. The van der Waals surface area contributed by atoms with E-state index in [-0.39, 0.29) is 24.2 Å². The molecule has 0 bridgehead atoms. The Morgan fingerprint density at radius 3 is 2.59 bits per heavy atom. The number of hydrogen-bond donors (Lipinski definition) is 2. The Kier molecular flexibility index (Phi) is 7.86. The van der Waals surface area contributed by atoms with Gasteiger partial charge in [0.05, 0.1) is 29.3 Å². The van der Waals surface area contributed by atoms with Crippen LogP contribution in [0.2, 0.25) is 0 Å². The maximum atomic E-state index is 13.4. The van der Waals surface area contributed by atoms with Gasteiger partial charge in [-0.3, -0.25) is 14.7 Å². The number of thiophene rings is 1. The molecule has 39 heavy (non-hydrogen) atoms. The summed E-state index contributed by atoms with van der Waals surface area (Å²) in [5.41, 5.74) is 4.53. The van der Waals surface area contributed by atoms with Gasteiger partial charge in [-0.05, 0) is 53.8 Å². The number of nitrogens with zero attached hydrogens (tertiary/aromatic N) is 2. The molecule has 4 heterocycles. The van der Waals surface area contributed by atoms with Crippen LogP contribution in [-0.4, -0.2) is 59.0 Å². The number of rotatable bonds is 5. The molecule has 6 rings (SSSR count). The first kappa shape index (κ1) is 27.1. The first-order chi connectivity index (χ1) is 18.5. The summed E-state index contributed by atoms with van der Waals surface area (Å²) in [6, 6.07) is 15.3. The molecule has 0 atom stereocenters. The van der Waals surface area contributed by atoms with Crippen molar-refractivity contribution >= 4 is 64.3 Å². The molecule has 8 nitrogen and oxygen atoms in total. The number of para-hydroxylation sites is 1. The molecule has 2 fully saturated rings. The molecule has 2 amide bonds. The Hall–Kier alpha value is -3.50. The molecule has 0 unspecified atom stereocenters. The molecule has 2 aromatic heterocycles. The summed E-state index contributed by atoms with van der Waals surface area (Å²) in [7, 11) is 0. The molecule has 10 heteroatoms. The smallest absolute Gasteiger partial charge is 0.266 e. The second-order valence-electron chi connectivity index (χ2n) is 9.58. The maximum absolute atomic E-state index is 13.4. The molecule has 0 aliphatic carbocycles. The molecular formula is C29H29ClN4O4S. The number of aryl methyl sites for hydroxylation is 1. The van der Waals surface area contributed by atoms with Gasteiger partial charge in [0.25, 0.3) is 11.8 Å². The number of piperidine rings is 1. The number of carbonyl (C=O) groups is 2. The first-order valence-corrected chi connectivity index (χ1v) is 13.6. The van der Waals surface area contributed by atoms with Crippen LogP contribution in [0, 0.1) is 6.92 Å². The van der Waals surface area contributed by atoms with Crippen LogP contribution in [0.3, 0.4) is 0 Å². The number of nitrogens with one attached hydrogen (secondary N) is 2. The lowest BCUT2D eigenvalue weighted by molar-refractivity contribution is -0.181. The predicted octanol–water partition coefficient (Wildman–Crippen LogP) is 5.76. The minimum Gasteiger partial charge on any atom is -0.347 e. The molecule has 0 saturated carbocycles. The van der Waals surface area contributed by atoms with Gasteiger partial charge in [-0.2, -0.15) is 5.10 Å². The van der Waals surface area contributed by atoms with Crippen molar-refractivity contribution in [3.05, 3.63) is 81.2 Å². The zero-order valence-corrected chi connectivity index (χ0v) is 23.1. The fraction of sp³-hybridized carbons (Fsp3) is 0.276. The van der Waals surface area contributed by atoms with E-state index in [9.17, 15) is 9.59 Å². The van der Waals surface area contributed by atoms with Crippen LogP contribution in [0.15, 0.2) is 53.9 Å². The van der Waals surface area contributed by atoms with Gasteiger partial charge in [0.2, 0.25) is 0 Å². The van der Waals surface area contributed by atoms with Crippen molar-refractivity contribution < 1.29 is 19.1 Å². The van der Waals surface area contributed by atoms with E-state index in [2.05, 4.69) is 15.5 Å². The monoisotopic (exact) mass is 564 g/mol. The van der Waals surface area contributed by atoms with E-state index in [1.54, 1.807) is 6.07 Å². The number of amides is 2. The predicted molar refractivity (Wildman–Crippen MR) is 155 cm³/mol. The lowest BCUT2D eigenvalue weighted by Gasteiger charge is -2.37. The van der Waals surface area contributed by atoms with E-state index in [0.717, 1.165) is 27.7 Å². The largest absolute Gasteiger partial charge is 0.347 e. The highest BCUT2D eigenvalue weighted by molar-refractivity contribution is 7.12. The fourth-order valence-corrected chi connectivity index (χ4v) is 5.85. The number of benzene rings is 2. The Morgan fingerprint density at radius 2 is 1.85 bits per heavy atom. The number of ether oxygens (including phenoxy) is 2. The summed E-state index contributed by atoms with van der Waals surface area (Å²) < 4.78 is 11.6. The normalized spacial score (nSPS) is 16.6. The topological polar surface area (TPSA) is 96.6 Å². The second-order valence-corrected chi connectivity index (χ2v) is 10.5. The van der Waals surface area contributed by atoms with Crippen LogP contribution >= 0.6 is 23.7 Å². The minimum absolute atomic E-state index is 0. The lowest BCUT2D eigenvalue weighted by Crippen LogP contribution is -2.47. The van der Waals surface area contributed by atoms with Gasteiger partial charge in [-0.15, -0.1) is 23.7 Å². The molecule has 2 aliphatic rings. The van der Waals surface area contributed by atoms with Crippen molar-refractivity contribution in [3.8, 4) is 0 Å². The molecule has 1 spiro atoms. The van der Waals surface area contributed by atoms with Crippen LogP contribution in [0.25, 0.3) is 23.1 Å². The highest BCUT2D eigenvalue weighted by atomic mass is 35.5. The number of hydrogen-bond acceptors (Lipinski definition) is 6. The van der Waals surface area contributed by atoms with Gasteiger partial charge in [-0.25, -0.2) is 0 Å². The number of fused-ring (bicyclic) bond motifs is 1. The molecule has 2 N–H and O–H groups in total. The van der Waals surface area contributed by atoms with E-state index in [0.29, 0.717) is 55.3 Å². The summed E-state index contributed by atoms with van der Waals surface area (Å²) in [6.07, 6.45) is 5.12. The van der Waals surface area contributed by atoms with E-state index < -0.39 is 5.79 Å². The highest BCUT2D eigenvalue weighted by Gasteiger charge is 2.40. The third-order valence-corrected chi connectivity index (χ3v) is 8.18. The Morgan fingerprint density at radius 1 is 1.08 bits per heavy atom.